The monoisotopic (exact) mass is 269 g/mol. The van der Waals surface area contributed by atoms with E-state index in [0.717, 1.165) is 0 Å². The lowest BCUT2D eigenvalue weighted by molar-refractivity contribution is 0.0875. The number of rotatable bonds is 7. The number of aliphatic hydroxyl groups excluding tert-OH is 1. The Hall–Kier alpha value is -1.40. The van der Waals surface area contributed by atoms with Gasteiger partial charge in [0.05, 0.1) is 12.3 Å². The van der Waals surface area contributed by atoms with E-state index >= 15 is 0 Å². The van der Waals surface area contributed by atoms with Crippen LogP contribution in [0.15, 0.2) is 18.9 Å². The van der Waals surface area contributed by atoms with Crippen LogP contribution in [0.25, 0.3) is 0 Å². The molecule has 1 aromatic rings. The van der Waals surface area contributed by atoms with Crippen LogP contribution in [0.5, 0.6) is 0 Å². The van der Waals surface area contributed by atoms with Crippen LogP contribution >= 0.6 is 11.3 Å². The molecule has 6 heteroatoms. The number of anilines is 1. The summed E-state index contributed by atoms with van der Waals surface area (Å²) in [5.74, 6) is -0.0876. The van der Waals surface area contributed by atoms with Crippen LogP contribution in [0.4, 0.5) is 5.13 Å². The van der Waals surface area contributed by atoms with Gasteiger partial charge >= 0.3 is 0 Å². The second-order valence-corrected chi connectivity index (χ2v) is 5.25. The molecule has 1 heterocycles. The zero-order valence-electron chi connectivity index (χ0n) is 10.6. The lowest BCUT2D eigenvalue weighted by Crippen LogP contribution is -2.34. The highest BCUT2D eigenvalue weighted by Gasteiger charge is 2.13. The lowest BCUT2D eigenvalue weighted by atomic mass is 10.1. The summed E-state index contributed by atoms with van der Waals surface area (Å²) in [6.45, 7) is 8.26. The fourth-order valence-corrected chi connectivity index (χ4v) is 1.88. The Labute approximate surface area is 111 Å². The number of nitrogens with one attached hydrogen (secondary N) is 2. The Kier molecular flexibility index (Phi) is 5.80. The maximum Gasteiger partial charge on any atom is 0.263 e. The van der Waals surface area contributed by atoms with Crippen molar-refractivity contribution in [3.05, 3.63) is 23.7 Å². The van der Waals surface area contributed by atoms with E-state index in [-0.39, 0.29) is 18.4 Å². The van der Waals surface area contributed by atoms with E-state index in [0.29, 0.717) is 16.6 Å². The summed E-state index contributed by atoms with van der Waals surface area (Å²) >= 11 is 1.28. The first-order chi connectivity index (χ1) is 8.54. The van der Waals surface area contributed by atoms with Gasteiger partial charge in [0.1, 0.15) is 4.88 Å². The molecule has 0 fully saturated rings. The first-order valence-corrected chi connectivity index (χ1v) is 6.63. The molecule has 18 heavy (non-hydrogen) atoms. The van der Waals surface area contributed by atoms with Crippen LogP contribution in [-0.4, -0.2) is 35.2 Å². The highest BCUT2D eigenvalue weighted by Crippen LogP contribution is 2.17. The third-order valence-corrected chi connectivity index (χ3v) is 3.32. The molecule has 1 amide bonds. The van der Waals surface area contributed by atoms with E-state index < -0.39 is 6.10 Å². The van der Waals surface area contributed by atoms with Crippen molar-refractivity contribution in [2.24, 2.45) is 5.92 Å². The summed E-state index contributed by atoms with van der Waals surface area (Å²) in [4.78, 5) is 16.4. The van der Waals surface area contributed by atoms with Crippen molar-refractivity contribution >= 4 is 22.4 Å². The highest BCUT2D eigenvalue weighted by atomic mass is 32.1. The van der Waals surface area contributed by atoms with E-state index in [9.17, 15) is 9.90 Å². The molecule has 100 valence electrons. The number of carbonyl (C=O) groups excluding carboxylic acids is 1. The van der Waals surface area contributed by atoms with Crippen molar-refractivity contribution in [3.8, 4) is 0 Å². The molecule has 5 nitrogen and oxygen atoms in total. The number of aliphatic hydroxyl groups is 1. The minimum atomic E-state index is -0.528. The van der Waals surface area contributed by atoms with Gasteiger partial charge in [0.15, 0.2) is 5.13 Å². The summed E-state index contributed by atoms with van der Waals surface area (Å²) in [6.07, 6.45) is 2.72. The van der Waals surface area contributed by atoms with Crippen molar-refractivity contribution < 1.29 is 9.90 Å². The molecular formula is C12H19N3O2S. The van der Waals surface area contributed by atoms with E-state index in [2.05, 4.69) is 22.2 Å². The second kappa shape index (κ2) is 7.13. The van der Waals surface area contributed by atoms with Crippen molar-refractivity contribution in [2.75, 3.05) is 18.4 Å². The number of thiazole rings is 1. The van der Waals surface area contributed by atoms with Crippen LogP contribution < -0.4 is 10.6 Å². The molecule has 1 unspecified atom stereocenters. The van der Waals surface area contributed by atoms with E-state index in [1.54, 1.807) is 6.08 Å². The lowest BCUT2D eigenvalue weighted by Gasteiger charge is -2.14. The molecule has 0 aliphatic carbocycles. The Morgan fingerprint density at radius 1 is 1.67 bits per heavy atom. The molecule has 0 saturated heterocycles. The number of nitrogens with zero attached hydrogens (tertiary/aromatic N) is 1. The van der Waals surface area contributed by atoms with Gasteiger partial charge in [-0.1, -0.05) is 31.3 Å². The van der Waals surface area contributed by atoms with Crippen LogP contribution in [0, 0.1) is 5.92 Å². The Morgan fingerprint density at radius 2 is 2.39 bits per heavy atom. The van der Waals surface area contributed by atoms with Gasteiger partial charge in [0.25, 0.3) is 5.91 Å². The van der Waals surface area contributed by atoms with Gasteiger partial charge < -0.3 is 15.7 Å². The van der Waals surface area contributed by atoms with Gasteiger partial charge in [0.2, 0.25) is 0 Å². The molecule has 0 aromatic carbocycles. The molecule has 1 aromatic heterocycles. The van der Waals surface area contributed by atoms with Crippen molar-refractivity contribution in [1.82, 2.24) is 10.3 Å². The molecule has 1 atom stereocenters. The standard InChI is InChI=1S/C12H19N3O2S/c1-4-5-13-12-15-7-10(18-12)11(17)14-6-9(16)8(2)3/h4,7-9,16H,1,5-6H2,2-3H3,(H,13,15)(H,14,17). The first-order valence-electron chi connectivity index (χ1n) is 5.81. The SMILES string of the molecule is C=CCNc1ncc(C(=O)NCC(O)C(C)C)s1. The van der Waals surface area contributed by atoms with Gasteiger partial charge in [-0.05, 0) is 5.92 Å². The Bertz CT molecular complexity index is 404. The molecule has 1 rings (SSSR count). The fraction of sp³-hybridized carbons (Fsp3) is 0.500. The summed E-state index contributed by atoms with van der Waals surface area (Å²) in [5, 5.41) is 16.0. The van der Waals surface area contributed by atoms with Crippen LogP contribution in [0.2, 0.25) is 0 Å². The molecule has 0 saturated carbocycles. The predicted octanol–water partition coefficient (Wildman–Crippen LogP) is 1.49. The minimum absolute atomic E-state index is 0.122. The number of amides is 1. The molecule has 0 aliphatic rings. The summed E-state index contributed by atoms with van der Waals surface area (Å²) in [7, 11) is 0. The van der Waals surface area contributed by atoms with Gasteiger partial charge in [-0.25, -0.2) is 4.98 Å². The van der Waals surface area contributed by atoms with E-state index in [1.165, 1.54) is 17.5 Å². The smallest absolute Gasteiger partial charge is 0.263 e. The average Bonchev–Trinajstić information content (AvgIpc) is 2.81. The average molecular weight is 269 g/mol. The Morgan fingerprint density at radius 3 is 3.00 bits per heavy atom. The van der Waals surface area contributed by atoms with Crippen LogP contribution in [-0.2, 0) is 0 Å². The second-order valence-electron chi connectivity index (χ2n) is 4.22. The molecule has 0 aliphatic heterocycles. The van der Waals surface area contributed by atoms with Gasteiger partial charge in [-0.15, -0.1) is 6.58 Å². The van der Waals surface area contributed by atoms with E-state index in [1.807, 2.05) is 13.8 Å². The van der Waals surface area contributed by atoms with Crippen molar-refractivity contribution in [2.45, 2.75) is 20.0 Å². The molecule has 3 N–H and O–H groups in total. The maximum absolute atomic E-state index is 11.8. The summed E-state index contributed by atoms with van der Waals surface area (Å²) in [5.41, 5.74) is 0. The predicted molar refractivity (Wildman–Crippen MR) is 74.0 cm³/mol. The third kappa shape index (κ3) is 4.46. The van der Waals surface area contributed by atoms with Crippen molar-refractivity contribution in [3.63, 3.8) is 0 Å². The minimum Gasteiger partial charge on any atom is -0.391 e. The fourth-order valence-electron chi connectivity index (χ4n) is 1.14. The summed E-state index contributed by atoms with van der Waals surface area (Å²) < 4.78 is 0. The number of aromatic nitrogens is 1. The number of hydrogen-bond acceptors (Lipinski definition) is 5. The molecule has 0 bridgehead atoms. The molecule has 0 radical (unpaired) electrons. The highest BCUT2D eigenvalue weighted by molar-refractivity contribution is 7.17. The van der Waals surface area contributed by atoms with Gasteiger partial charge in [-0.2, -0.15) is 0 Å². The van der Waals surface area contributed by atoms with Gasteiger partial charge in [0, 0.05) is 13.1 Å². The summed E-state index contributed by atoms with van der Waals surface area (Å²) in [6, 6.07) is 0. The quantitative estimate of drug-likeness (QED) is 0.656. The normalized spacial score (nSPS) is 12.2. The van der Waals surface area contributed by atoms with Crippen LogP contribution in [0.3, 0.4) is 0 Å². The number of hydrogen-bond donors (Lipinski definition) is 3. The van der Waals surface area contributed by atoms with Gasteiger partial charge in [-0.3, -0.25) is 4.79 Å². The number of carbonyl (C=O) groups is 1. The van der Waals surface area contributed by atoms with E-state index in [4.69, 9.17) is 0 Å². The maximum atomic E-state index is 11.8. The largest absolute Gasteiger partial charge is 0.391 e. The zero-order chi connectivity index (χ0) is 13.5. The third-order valence-electron chi connectivity index (χ3n) is 2.37. The molecule has 0 spiro atoms. The molecular weight excluding hydrogens is 250 g/mol. The Balaban J connectivity index is 2.46. The van der Waals surface area contributed by atoms with Crippen LogP contribution in [0.1, 0.15) is 23.5 Å². The van der Waals surface area contributed by atoms with Crippen molar-refractivity contribution in [1.29, 1.82) is 0 Å². The topological polar surface area (TPSA) is 74.2 Å². The first kappa shape index (κ1) is 14.7. The zero-order valence-corrected chi connectivity index (χ0v) is 11.5.